The number of hydrogen-bond donors (Lipinski definition) is 2. The van der Waals surface area contributed by atoms with E-state index in [0.29, 0.717) is 19.3 Å². The number of hydrogen-bond acceptors (Lipinski definition) is 4. The van der Waals surface area contributed by atoms with Crippen LogP contribution in [0.4, 0.5) is 17.6 Å². The van der Waals surface area contributed by atoms with Gasteiger partial charge in [0.25, 0.3) is 12.3 Å². The van der Waals surface area contributed by atoms with Crippen molar-refractivity contribution in [3.05, 3.63) is 64.5 Å². The Bertz CT molecular complexity index is 1170. The third kappa shape index (κ3) is 4.39. The number of pyridine rings is 1. The highest BCUT2D eigenvalue weighted by atomic mass is 19.3. The average molecular weight is 491 g/mol. The summed E-state index contributed by atoms with van der Waals surface area (Å²) in [6.07, 6.45) is -0.504. The van der Waals surface area contributed by atoms with Crippen molar-refractivity contribution in [3.8, 4) is 0 Å². The van der Waals surface area contributed by atoms with Crippen LogP contribution in [0.2, 0.25) is 0 Å². The number of aliphatic hydroxyl groups excluding tert-OH is 1. The minimum absolute atomic E-state index is 0.00454. The van der Waals surface area contributed by atoms with Crippen molar-refractivity contribution in [1.82, 2.24) is 15.2 Å². The number of amides is 2. The molecule has 1 aliphatic heterocycles. The van der Waals surface area contributed by atoms with Crippen molar-refractivity contribution in [2.45, 2.75) is 63.3 Å². The first-order chi connectivity index (χ1) is 16.6. The predicted molar refractivity (Wildman–Crippen MR) is 116 cm³/mol. The molecule has 2 amide bonds. The number of piperidine rings is 1. The normalized spacial score (nSPS) is 27.9. The molecular weight excluding hydrogens is 466 g/mol. The second-order valence-electron chi connectivity index (χ2n) is 9.79. The Hall–Kier alpha value is -3.01. The van der Waals surface area contributed by atoms with Gasteiger partial charge >= 0.3 is 0 Å². The molecule has 2 aromatic rings. The summed E-state index contributed by atoms with van der Waals surface area (Å²) in [7, 11) is 0. The number of aryl methyl sites for hydroxylation is 1. The second-order valence-corrected chi connectivity index (χ2v) is 9.79. The van der Waals surface area contributed by atoms with Crippen LogP contribution in [0.1, 0.15) is 65.3 Å². The molecule has 1 aromatic carbocycles. The highest BCUT2D eigenvalue weighted by Crippen LogP contribution is 2.49. The summed E-state index contributed by atoms with van der Waals surface area (Å²) >= 11 is 0. The van der Waals surface area contributed by atoms with Crippen LogP contribution in [0.15, 0.2) is 30.5 Å². The molecule has 0 spiro atoms. The van der Waals surface area contributed by atoms with Crippen molar-refractivity contribution in [1.29, 1.82) is 0 Å². The quantitative estimate of drug-likeness (QED) is 0.602. The lowest BCUT2D eigenvalue weighted by Crippen LogP contribution is -2.51. The number of nitrogens with one attached hydrogen (secondary N) is 1. The monoisotopic (exact) mass is 491 g/mol. The first-order valence-corrected chi connectivity index (χ1v) is 11.6. The van der Waals surface area contributed by atoms with Crippen molar-refractivity contribution in [2.75, 3.05) is 0 Å². The van der Waals surface area contributed by atoms with E-state index in [4.69, 9.17) is 0 Å². The van der Waals surface area contributed by atoms with Gasteiger partial charge in [0.1, 0.15) is 23.4 Å². The molecule has 4 atom stereocenters. The first kappa shape index (κ1) is 23.7. The number of carbonyl (C=O) groups is 2. The van der Waals surface area contributed by atoms with Gasteiger partial charge in [0.05, 0.1) is 12.1 Å². The first-order valence-electron chi connectivity index (χ1n) is 11.6. The molecule has 2 N–H and O–H groups in total. The molecule has 10 heteroatoms. The maximum Gasteiger partial charge on any atom is 0.280 e. The maximum atomic E-state index is 14.8. The smallest absolute Gasteiger partial charge is 0.280 e. The van der Waals surface area contributed by atoms with Crippen molar-refractivity contribution in [3.63, 3.8) is 0 Å². The zero-order valence-electron chi connectivity index (χ0n) is 18.9. The van der Waals surface area contributed by atoms with Crippen molar-refractivity contribution >= 4 is 11.8 Å². The third-order valence-corrected chi connectivity index (χ3v) is 7.42. The number of benzene rings is 1. The number of fused-ring (bicyclic) bond motifs is 1. The van der Waals surface area contributed by atoms with Crippen LogP contribution in [-0.4, -0.2) is 45.0 Å². The summed E-state index contributed by atoms with van der Waals surface area (Å²) in [5.41, 5.74) is -0.372. The second kappa shape index (κ2) is 8.89. The summed E-state index contributed by atoms with van der Waals surface area (Å²) in [5.74, 6) is -2.48. The van der Waals surface area contributed by atoms with Crippen molar-refractivity contribution in [2.24, 2.45) is 11.8 Å². The van der Waals surface area contributed by atoms with E-state index in [9.17, 15) is 32.3 Å². The van der Waals surface area contributed by atoms with E-state index in [1.807, 2.05) is 0 Å². The van der Waals surface area contributed by atoms with E-state index in [1.165, 1.54) is 17.9 Å². The molecule has 2 saturated carbocycles. The third-order valence-electron chi connectivity index (χ3n) is 7.42. The van der Waals surface area contributed by atoms with Gasteiger partial charge in [0.15, 0.2) is 0 Å². The van der Waals surface area contributed by atoms with Gasteiger partial charge in [-0.05, 0) is 74.3 Å². The summed E-state index contributed by atoms with van der Waals surface area (Å²) < 4.78 is 55.3. The number of likely N-dealkylation sites (tertiary alicyclic amines) is 1. The zero-order valence-corrected chi connectivity index (χ0v) is 18.9. The van der Waals surface area contributed by atoms with Gasteiger partial charge in [0.2, 0.25) is 5.91 Å². The number of aliphatic hydroxyl groups is 1. The van der Waals surface area contributed by atoms with Crippen LogP contribution in [0.5, 0.6) is 0 Å². The van der Waals surface area contributed by atoms with Gasteiger partial charge in [-0.3, -0.25) is 14.6 Å². The maximum absolute atomic E-state index is 14.8. The molecule has 2 aliphatic carbocycles. The highest BCUT2D eigenvalue weighted by molar-refractivity contribution is 5.98. The van der Waals surface area contributed by atoms with E-state index in [1.54, 1.807) is 0 Å². The minimum Gasteiger partial charge on any atom is -0.393 e. The molecule has 0 unspecified atom stereocenters. The fourth-order valence-corrected chi connectivity index (χ4v) is 5.33. The molecule has 5 rings (SSSR count). The van der Waals surface area contributed by atoms with Gasteiger partial charge in [-0.2, -0.15) is 0 Å². The largest absolute Gasteiger partial charge is 0.393 e. The predicted octanol–water partition coefficient (Wildman–Crippen LogP) is 3.84. The molecule has 2 heterocycles. The lowest BCUT2D eigenvalue weighted by Gasteiger charge is -2.39. The summed E-state index contributed by atoms with van der Waals surface area (Å²) in [6.45, 7) is 1.44. The van der Waals surface area contributed by atoms with Crippen LogP contribution in [0.25, 0.3) is 0 Å². The Kier molecular flexibility index (Phi) is 6.03. The molecule has 3 aliphatic rings. The SMILES string of the molecule is Cc1cc(F)c([C@H](NC(=O)[C@H]2C[C@H]3C[C@H]3N2C(=O)c2ccnc(C(F)F)c2)C2CC(O)C2)cc1F. The summed E-state index contributed by atoms with van der Waals surface area (Å²) in [5, 5.41) is 12.6. The molecule has 35 heavy (non-hydrogen) atoms. The molecular formula is C25H25F4N3O3. The van der Waals surface area contributed by atoms with Crippen molar-refractivity contribution < 1.29 is 32.3 Å². The van der Waals surface area contributed by atoms with Crippen LogP contribution in [0.3, 0.4) is 0 Å². The molecule has 1 aromatic heterocycles. The zero-order chi connectivity index (χ0) is 25.0. The van der Waals surface area contributed by atoms with Crippen LogP contribution < -0.4 is 5.32 Å². The lowest BCUT2D eigenvalue weighted by atomic mass is 9.74. The fourth-order valence-electron chi connectivity index (χ4n) is 5.33. The van der Waals surface area contributed by atoms with E-state index in [-0.39, 0.29) is 34.6 Å². The molecule has 0 radical (unpaired) electrons. The van der Waals surface area contributed by atoms with E-state index in [0.717, 1.165) is 30.8 Å². The summed E-state index contributed by atoms with van der Waals surface area (Å²) in [6, 6.07) is 2.60. The Morgan fingerprint density at radius 2 is 1.86 bits per heavy atom. The molecule has 186 valence electrons. The van der Waals surface area contributed by atoms with E-state index in [2.05, 4.69) is 10.3 Å². The van der Waals surface area contributed by atoms with Crippen LogP contribution in [0, 0.1) is 30.4 Å². The lowest BCUT2D eigenvalue weighted by molar-refractivity contribution is -0.127. The Morgan fingerprint density at radius 1 is 1.11 bits per heavy atom. The molecule has 0 bridgehead atoms. The topological polar surface area (TPSA) is 82.5 Å². The van der Waals surface area contributed by atoms with Crippen LogP contribution in [-0.2, 0) is 4.79 Å². The summed E-state index contributed by atoms with van der Waals surface area (Å²) in [4.78, 5) is 31.6. The average Bonchev–Trinajstić information content (AvgIpc) is 3.47. The van der Waals surface area contributed by atoms with Gasteiger partial charge in [-0.15, -0.1) is 0 Å². The van der Waals surface area contributed by atoms with Gasteiger partial charge in [-0.1, -0.05) is 0 Å². The van der Waals surface area contributed by atoms with E-state index >= 15 is 0 Å². The van der Waals surface area contributed by atoms with Gasteiger partial charge < -0.3 is 15.3 Å². The Balaban J connectivity index is 1.40. The highest BCUT2D eigenvalue weighted by Gasteiger charge is 2.56. The number of nitrogens with zero attached hydrogens (tertiary/aromatic N) is 2. The van der Waals surface area contributed by atoms with Gasteiger partial charge in [-0.25, -0.2) is 17.6 Å². The fraction of sp³-hybridized carbons (Fsp3) is 0.480. The number of carbonyl (C=O) groups excluding carboxylic acids is 2. The van der Waals surface area contributed by atoms with Crippen LogP contribution >= 0.6 is 0 Å². The Labute approximate surface area is 199 Å². The number of aromatic nitrogens is 1. The number of halogens is 4. The Morgan fingerprint density at radius 3 is 2.54 bits per heavy atom. The number of rotatable bonds is 6. The minimum atomic E-state index is -2.84. The molecule has 3 fully saturated rings. The molecule has 6 nitrogen and oxygen atoms in total. The standard InChI is InChI=1S/C25H25F4N3O3/c1-11-4-18(27)16(10-17(11)26)22(14-5-15(33)6-14)31-24(34)21-9-13-8-20(13)32(21)25(35)12-2-3-30-19(7-12)23(28)29/h2-4,7,10,13-15,20-23,33H,5-6,8-9H2,1H3,(H,31,34)/t13-,14?,15?,20-,21-,22-/m1/s1. The molecule has 1 saturated heterocycles. The number of alkyl halides is 2. The van der Waals surface area contributed by atoms with Gasteiger partial charge in [0, 0.05) is 23.4 Å². The van der Waals surface area contributed by atoms with E-state index < -0.39 is 53.8 Å².